The fourth-order valence-corrected chi connectivity index (χ4v) is 3.98. The minimum Gasteiger partial charge on any atom is -0.449 e. The largest absolute Gasteiger partial charge is 0.449 e. The molecule has 1 aliphatic rings. The molecular formula is C24H26F3N5O2. The van der Waals surface area contributed by atoms with E-state index in [1.165, 1.54) is 30.3 Å². The van der Waals surface area contributed by atoms with Gasteiger partial charge in [-0.1, -0.05) is 6.58 Å². The Morgan fingerprint density at radius 3 is 2.47 bits per heavy atom. The van der Waals surface area contributed by atoms with E-state index in [4.69, 9.17) is 10.2 Å². The smallest absolute Gasteiger partial charge is 0.286 e. The molecule has 3 N–H and O–H groups in total. The Morgan fingerprint density at radius 2 is 1.79 bits per heavy atom. The first kappa shape index (κ1) is 23.5. The number of hydrogen-bond acceptors (Lipinski definition) is 6. The van der Waals surface area contributed by atoms with Gasteiger partial charge in [-0.15, -0.1) is 0 Å². The third-order valence-corrected chi connectivity index (χ3v) is 5.98. The maximum absolute atomic E-state index is 14.1. The zero-order valence-electron chi connectivity index (χ0n) is 18.8. The van der Waals surface area contributed by atoms with Crippen molar-refractivity contribution in [1.82, 2.24) is 9.80 Å². The molecule has 4 rings (SSSR count). The Morgan fingerprint density at radius 1 is 1.12 bits per heavy atom. The van der Waals surface area contributed by atoms with Crippen LogP contribution in [-0.4, -0.2) is 62.0 Å². The molecule has 180 valence electrons. The number of hydrogen-bond donors (Lipinski definition) is 2. The molecule has 0 unspecified atom stereocenters. The first-order valence-electron chi connectivity index (χ1n) is 10.8. The highest BCUT2D eigenvalue weighted by Crippen LogP contribution is 2.32. The maximum atomic E-state index is 14.1. The van der Waals surface area contributed by atoms with Crippen molar-refractivity contribution in [2.75, 3.05) is 56.5 Å². The molecule has 1 fully saturated rings. The molecule has 1 aromatic heterocycles. The van der Waals surface area contributed by atoms with Gasteiger partial charge in [0.2, 0.25) is 5.76 Å². The average molecular weight is 473 g/mol. The van der Waals surface area contributed by atoms with Gasteiger partial charge in [0.05, 0.1) is 17.2 Å². The Kier molecular flexibility index (Phi) is 6.69. The number of anilines is 2. The van der Waals surface area contributed by atoms with E-state index in [9.17, 15) is 18.0 Å². The Balaban J connectivity index is 1.33. The number of fused-ring (bicyclic) bond motifs is 1. The average Bonchev–Trinajstić information content (AvgIpc) is 3.15. The predicted molar refractivity (Wildman–Crippen MR) is 125 cm³/mol. The fraction of sp³-hybridized carbons (Fsp3) is 0.292. The van der Waals surface area contributed by atoms with Crippen LogP contribution in [0.3, 0.4) is 0 Å². The van der Waals surface area contributed by atoms with Crippen molar-refractivity contribution in [3.05, 3.63) is 72.0 Å². The van der Waals surface area contributed by atoms with Crippen LogP contribution in [0.2, 0.25) is 0 Å². The molecule has 34 heavy (non-hydrogen) atoms. The van der Waals surface area contributed by atoms with Crippen molar-refractivity contribution in [3.8, 4) is 0 Å². The second-order valence-electron chi connectivity index (χ2n) is 8.23. The minimum absolute atomic E-state index is 0.0979. The number of carbonyl (C=O) groups excluding carboxylic acids is 1. The third kappa shape index (κ3) is 4.96. The summed E-state index contributed by atoms with van der Waals surface area (Å²) in [4.78, 5) is 17.8. The van der Waals surface area contributed by atoms with E-state index >= 15 is 0 Å². The minimum atomic E-state index is -0.773. The van der Waals surface area contributed by atoms with E-state index in [0.29, 0.717) is 42.1 Å². The van der Waals surface area contributed by atoms with Crippen LogP contribution in [0.4, 0.5) is 24.5 Å². The highest BCUT2D eigenvalue weighted by molar-refractivity contribution is 6.06. The van der Waals surface area contributed by atoms with Crippen LogP contribution >= 0.6 is 0 Å². The number of nitrogens with one attached hydrogen (secondary N) is 1. The summed E-state index contributed by atoms with van der Waals surface area (Å²) in [6.45, 7) is 8.06. The summed E-state index contributed by atoms with van der Waals surface area (Å²) in [6, 6.07) is 7.58. The number of rotatable bonds is 8. The second-order valence-corrected chi connectivity index (χ2v) is 8.23. The Labute approximate surface area is 195 Å². The van der Waals surface area contributed by atoms with Crippen molar-refractivity contribution in [2.45, 2.75) is 0 Å². The molecule has 0 saturated carbocycles. The zero-order chi connectivity index (χ0) is 24.4. The quantitative estimate of drug-likeness (QED) is 0.521. The lowest BCUT2D eigenvalue weighted by Crippen LogP contribution is -2.48. The van der Waals surface area contributed by atoms with Crippen molar-refractivity contribution in [2.24, 2.45) is 5.73 Å². The number of amides is 1. The van der Waals surface area contributed by atoms with E-state index in [2.05, 4.69) is 16.8 Å². The zero-order valence-corrected chi connectivity index (χ0v) is 18.8. The summed E-state index contributed by atoms with van der Waals surface area (Å²) in [5, 5.41) is 3.44. The first-order chi connectivity index (χ1) is 16.2. The monoisotopic (exact) mass is 473 g/mol. The van der Waals surface area contributed by atoms with Crippen molar-refractivity contribution < 1.29 is 22.4 Å². The number of likely N-dealkylation sites (N-methyl/N-ethyl adjacent to an activating group) is 1. The molecule has 7 nitrogen and oxygen atoms in total. The molecule has 1 aliphatic heterocycles. The molecule has 10 heteroatoms. The number of nitrogens with two attached hydrogens (primary N) is 1. The number of carbonyl (C=O) groups is 1. The lowest BCUT2D eigenvalue weighted by Gasteiger charge is -2.37. The fourth-order valence-electron chi connectivity index (χ4n) is 3.98. The molecule has 3 aromatic rings. The molecule has 0 radical (unpaired) electrons. The van der Waals surface area contributed by atoms with Gasteiger partial charge in [-0.3, -0.25) is 9.69 Å². The van der Waals surface area contributed by atoms with Crippen molar-refractivity contribution >= 4 is 28.3 Å². The predicted octanol–water partition coefficient (Wildman–Crippen LogP) is 3.59. The van der Waals surface area contributed by atoms with Crippen molar-refractivity contribution in [3.63, 3.8) is 0 Å². The summed E-state index contributed by atoms with van der Waals surface area (Å²) in [5.74, 6) is -2.00. The molecule has 0 spiro atoms. The van der Waals surface area contributed by atoms with Gasteiger partial charge in [-0.25, -0.2) is 13.2 Å². The standard InChI is InChI=1S/C24H26F3N5O2/c1-15(29-22-18-13-16(25)4-6-21(18)34-23(22)24(28)33)30(2)7-8-31-9-11-32(12-10-31)20-5-3-17(26)14-19(20)27/h3-6,13-14,29H,1,7-12H2,2H3,(H2,28,33). The number of benzene rings is 2. The molecule has 2 heterocycles. The van der Waals surface area contributed by atoms with Gasteiger partial charge in [-0.2, -0.15) is 0 Å². The Bertz CT molecular complexity index is 1220. The highest BCUT2D eigenvalue weighted by atomic mass is 19.1. The summed E-state index contributed by atoms with van der Waals surface area (Å²) < 4.78 is 46.5. The normalized spacial score (nSPS) is 14.4. The molecule has 0 bridgehead atoms. The van der Waals surface area contributed by atoms with Crippen LogP contribution in [0.15, 0.2) is 53.2 Å². The number of halogens is 3. The number of nitrogens with zero attached hydrogens (tertiary/aromatic N) is 3. The van der Waals surface area contributed by atoms with Gasteiger partial charge in [0.15, 0.2) is 0 Å². The van der Waals surface area contributed by atoms with Gasteiger partial charge in [0, 0.05) is 57.8 Å². The Hall–Kier alpha value is -3.66. The molecule has 2 aromatic carbocycles. The lowest BCUT2D eigenvalue weighted by molar-refractivity contribution is 0.0977. The second kappa shape index (κ2) is 9.68. The molecule has 1 amide bonds. The van der Waals surface area contributed by atoms with E-state index in [1.54, 1.807) is 0 Å². The van der Waals surface area contributed by atoms with Crippen LogP contribution in [-0.2, 0) is 0 Å². The summed E-state index contributed by atoms with van der Waals surface area (Å²) in [6.07, 6.45) is 0. The first-order valence-corrected chi connectivity index (χ1v) is 10.8. The third-order valence-electron chi connectivity index (χ3n) is 5.98. The van der Waals surface area contributed by atoms with Crippen LogP contribution in [0, 0.1) is 17.5 Å². The van der Waals surface area contributed by atoms with Gasteiger partial charge >= 0.3 is 0 Å². The van der Waals surface area contributed by atoms with Gasteiger partial charge in [0.25, 0.3) is 5.91 Å². The summed E-state index contributed by atoms with van der Waals surface area (Å²) >= 11 is 0. The van der Waals surface area contributed by atoms with Gasteiger partial charge in [0.1, 0.15) is 23.0 Å². The number of primary amides is 1. The van der Waals surface area contributed by atoms with Crippen molar-refractivity contribution in [1.29, 1.82) is 0 Å². The molecular weight excluding hydrogens is 447 g/mol. The van der Waals surface area contributed by atoms with E-state index in [1.807, 2.05) is 16.8 Å². The summed E-state index contributed by atoms with van der Waals surface area (Å²) in [7, 11) is 1.84. The maximum Gasteiger partial charge on any atom is 0.286 e. The van der Waals surface area contributed by atoms with Crippen LogP contribution in [0.5, 0.6) is 0 Å². The molecule has 0 aliphatic carbocycles. The number of piperazine rings is 1. The van der Waals surface area contributed by atoms with Crippen LogP contribution < -0.4 is 16.0 Å². The molecule has 0 atom stereocenters. The van der Waals surface area contributed by atoms with Crippen LogP contribution in [0.25, 0.3) is 11.0 Å². The SMILES string of the molecule is C=C(Nc1c(C(N)=O)oc2ccc(F)cc12)N(C)CCN1CCN(c2ccc(F)cc2F)CC1. The highest BCUT2D eigenvalue weighted by Gasteiger charge is 2.22. The van der Waals surface area contributed by atoms with Gasteiger partial charge in [-0.05, 0) is 30.3 Å². The topological polar surface area (TPSA) is 78.0 Å². The summed E-state index contributed by atoms with van der Waals surface area (Å²) in [5.41, 5.74) is 6.45. The van der Waals surface area contributed by atoms with Gasteiger partial charge < -0.3 is 25.3 Å². The van der Waals surface area contributed by atoms with E-state index < -0.39 is 23.4 Å². The van der Waals surface area contributed by atoms with E-state index in [-0.39, 0.29) is 11.4 Å². The lowest BCUT2D eigenvalue weighted by atomic mass is 10.2. The molecule has 1 saturated heterocycles. The van der Waals surface area contributed by atoms with Crippen LogP contribution in [0.1, 0.15) is 10.6 Å². The van der Waals surface area contributed by atoms with E-state index in [0.717, 1.165) is 25.7 Å². The number of furan rings is 1.